The fourth-order valence-corrected chi connectivity index (χ4v) is 2.13. The van der Waals surface area contributed by atoms with E-state index in [4.69, 9.17) is 18.0 Å². The van der Waals surface area contributed by atoms with Crippen molar-refractivity contribution in [3.05, 3.63) is 24.0 Å². The van der Waals surface area contributed by atoms with Crippen molar-refractivity contribution in [1.82, 2.24) is 4.98 Å². The minimum absolute atomic E-state index is 0.422. The van der Waals surface area contributed by atoms with Crippen LogP contribution in [0.2, 0.25) is 0 Å². The lowest BCUT2D eigenvalue weighted by Crippen LogP contribution is -2.32. The third-order valence-electron chi connectivity index (χ3n) is 2.92. The molecule has 0 bridgehead atoms. The lowest BCUT2D eigenvalue weighted by molar-refractivity contribution is 0.504. The highest BCUT2D eigenvalue weighted by atomic mass is 32.1. The molecule has 0 aliphatic rings. The highest BCUT2D eigenvalue weighted by molar-refractivity contribution is 7.80. The monoisotopic (exact) mass is 251 g/mol. The molecule has 1 rings (SSSR count). The van der Waals surface area contributed by atoms with Crippen molar-refractivity contribution in [2.75, 3.05) is 11.9 Å². The van der Waals surface area contributed by atoms with Gasteiger partial charge in [-0.1, -0.05) is 26.1 Å². The number of aromatic nitrogens is 1. The second-order valence-electron chi connectivity index (χ2n) is 4.85. The number of rotatable bonds is 5. The number of hydrogen-bond acceptors (Lipinski definition) is 3. The Labute approximate surface area is 109 Å². The van der Waals surface area contributed by atoms with Crippen molar-refractivity contribution < 1.29 is 0 Å². The summed E-state index contributed by atoms with van der Waals surface area (Å²) in [6.45, 7) is 6.65. The quantitative estimate of drug-likeness (QED) is 0.817. The van der Waals surface area contributed by atoms with Gasteiger partial charge < -0.3 is 10.6 Å². The smallest absolute Gasteiger partial charge is 0.106 e. The second-order valence-corrected chi connectivity index (χ2v) is 5.29. The minimum atomic E-state index is 0.422. The lowest BCUT2D eigenvalue weighted by atomic mass is 10.0. The first-order valence-corrected chi connectivity index (χ1v) is 6.31. The van der Waals surface area contributed by atoms with E-state index in [0.29, 0.717) is 16.9 Å². The minimum Gasteiger partial charge on any atom is -0.389 e. The molecule has 3 nitrogen and oxygen atoms in total. The Hall–Kier alpha value is -1.16. The average Bonchev–Trinajstić information content (AvgIpc) is 2.27. The van der Waals surface area contributed by atoms with Gasteiger partial charge in [0, 0.05) is 24.8 Å². The van der Waals surface area contributed by atoms with Crippen molar-refractivity contribution in [2.24, 2.45) is 11.7 Å². The first-order chi connectivity index (χ1) is 7.93. The molecule has 0 amide bonds. The lowest BCUT2D eigenvalue weighted by Gasteiger charge is -2.29. The molecule has 1 heterocycles. The Kier molecular flexibility index (Phi) is 4.87. The maximum absolute atomic E-state index is 5.73. The molecule has 17 heavy (non-hydrogen) atoms. The summed E-state index contributed by atoms with van der Waals surface area (Å²) in [5.41, 5.74) is 7.63. The fraction of sp³-hybridized carbons (Fsp3) is 0.538. The summed E-state index contributed by atoms with van der Waals surface area (Å²) >= 11 is 5.07. The molecule has 0 fully saturated rings. The number of thiocarbonyl (C=S) groups is 1. The van der Waals surface area contributed by atoms with E-state index in [1.807, 2.05) is 12.3 Å². The summed E-state index contributed by atoms with van der Waals surface area (Å²) in [5, 5.41) is 0. The first kappa shape index (κ1) is 13.9. The fourth-order valence-electron chi connectivity index (χ4n) is 1.95. The van der Waals surface area contributed by atoms with Crippen LogP contribution in [0.1, 0.15) is 32.8 Å². The zero-order valence-corrected chi connectivity index (χ0v) is 11.8. The maximum atomic E-state index is 5.73. The van der Waals surface area contributed by atoms with Gasteiger partial charge >= 0.3 is 0 Å². The molecule has 0 saturated heterocycles. The van der Waals surface area contributed by atoms with Crippen LogP contribution in [0, 0.1) is 5.92 Å². The molecule has 0 radical (unpaired) electrons. The Bertz CT molecular complexity index is 390. The van der Waals surface area contributed by atoms with Gasteiger partial charge in [0.2, 0.25) is 0 Å². The van der Waals surface area contributed by atoms with Gasteiger partial charge in [-0.15, -0.1) is 0 Å². The van der Waals surface area contributed by atoms with Gasteiger partial charge in [-0.05, 0) is 25.3 Å². The van der Waals surface area contributed by atoms with E-state index < -0.39 is 0 Å². The molecule has 0 aliphatic heterocycles. The summed E-state index contributed by atoms with van der Waals surface area (Å²) < 4.78 is 0. The summed E-state index contributed by atoms with van der Waals surface area (Å²) in [5.74, 6) is 0.664. The molecule has 2 N–H and O–H groups in total. The number of nitrogens with two attached hydrogens (primary N) is 1. The molecule has 1 atom stereocenters. The highest BCUT2D eigenvalue weighted by Gasteiger charge is 2.15. The second kappa shape index (κ2) is 5.96. The predicted octanol–water partition coefficient (Wildman–Crippen LogP) is 2.59. The summed E-state index contributed by atoms with van der Waals surface area (Å²) in [6, 6.07) is 2.31. The Morgan fingerprint density at radius 3 is 2.65 bits per heavy atom. The number of hydrogen-bond donors (Lipinski definition) is 1. The van der Waals surface area contributed by atoms with E-state index in [9.17, 15) is 0 Å². The third kappa shape index (κ3) is 3.66. The zero-order chi connectivity index (χ0) is 13.0. The first-order valence-electron chi connectivity index (χ1n) is 5.90. The Morgan fingerprint density at radius 2 is 2.12 bits per heavy atom. The van der Waals surface area contributed by atoms with Crippen LogP contribution in [0.3, 0.4) is 0 Å². The van der Waals surface area contributed by atoms with Crippen molar-refractivity contribution in [1.29, 1.82) is 0 Å². The molecular formula is C13H21N3S. The summed E-state index contributed by atoms with van der Waals surface area (Å²) in [4.78, 5) is 6.77. The van der Waals surface area contributed by atoms with E-state index in [1.54, 1.807) is 6.20 Å². The van der Waals surface area contributed by atoms with Crippen LogP contribution in [0.15, 0.2) is 18.5 Å². The van der Waals surface area contributed by atoms with Gasteiger partial charge in [-0.2, -0.15) is 0 Å². The highest BCUT2D eigenvalue weighted by Crippen LogP contribution is 2.22. The molecule has 94 valence electrons. The van der Waals surface area contributed by atoms with Crippen LogP contribution in [0.25, 0.3) is 0 Å². The van der Waals surface area contributed by atoms with E-state index in [1.165, 1.54) is 0 Å². The molecule has 0 aromatic carbocycles. The molecule has 0 aliphatic carbocycles. The van der Waals surface area contributed by atoms with Crippen LogP contribution >= 0.6 is 12.2 Å². The van der Waals surface area contributed by atoms with Gasteiger partial charge in [0.05, 0.1) is 11.9 Å². The van der Waals surface area contributed by atoms with Gasteiger partial charge in [0.1, 0.15) is 4.99 Å². The molecule has 1 aromatic rings. The number of anilines is 1. The molecule has 0 saturated carbocycles. The van der Waals surface area contributed by atoms with Gasteiger partial charge in [-0.25, -0.2) is 0 Å². The van der Waals surface area contributed by atoms with E-state index in [2.05, 4.69) is 37.7 Å². The largest absolute Gasteiger partial charge is 0.389 e. The molecule has 4 heteroatoms. The summed E-state index contributed by atoms with van der Waals surface area (Å²) in [7, 11) is 2.06. The van der Waals surface area contributed by atoms with E-state index in [-0.39, 0.29) is 0 Å². The van der Waals surface area contributed by atoms with E-state index in [0.717, 1.165) is 17.7 Å². The van der Waals surface area contributed by atoms with Gasteiger partial charge in [-0.3, -0.25) is 4.98 Å². The topological polar surface area (TPSA) is 42.2 Å². The normalized spacial score (nSPS) is 12.5. The SMILES string of the molecule is CC(C)CC(C)N(C)c1cnccc1C(N)=S. The molecular weight excluding hydrogens is 230 g/mol. The number of pyridine rings is 1. The van der Waals surface area contributed by atoms with Crippen molar-refractivity contribution >= 4 is 22.9 Å². The molecule has 1 aromatic heterocycles. The predicted molar refractivity (Wildman–Crippen MR) is 77.4 cm³/mol. The van der Waals surface area contributed by atoms with Crippen LogP contribution in [0.4, 0.5) is 5.69 Å². The third-order valence-corrected chi connectivity index (χ3v) is 3.14. The van der Waals surface area contributed by atoms with Crippen LogP contribution in [-0.4, -0.2) is 23.1 Å². The van der Waals surface area contributed by atoms with Crippen LogP contribution < -0.4 is 10.6 Å². The molecule has 1 unspecified atom stereocenters. The van der Waals surface area contributed by atoms with E-state index >= 15 is 0 Å². The molecule has 0 spiro atoms. The summed E-state index contributed by atoms with van der Waals surface area (Å²) in [6.07, 6.45) is 4.67. The maximum Gasteiger partial charge on any atom is 0.106 e. The standard InChI is InChI=1S/C13H21N3S/c1-9(2)7-10(3)16(4)12-8-15-6-5-11(12)13(14)17/h5-6,8-10H,7H2,1-4H3,(H2,14,17). The van der Waals surface area contributed by atoms with Crippen LogP contribution in [0.5, 0.6) is 0 Å². The average molecular weight is 251 g/mol. The van der Waals surface area contributed by atoms with Crippen molar-refractivity contribution in [2.45, 2.75) is 33.2 Å². The van der Waals surface area contributed by atoms with Crippen LogP contribution in [-0.2, 0) is 0 Å². The Morgan fingerprint density at radius 1 is 1.47 bits per heavy atom. The van der Waals surface area contributed by atoms with Gasteiger partial charge in [0.25, 0.3) is 0 Å². The zero-order valence-electron chi connectivity index (χ0n) is 11.0. The Balaban J connectivity index is 2.95. The van der Waals surface area contributed by atoms with Crippen molar-refractivity contribution in [3.63, 3.8) is 0 Å². The van der Waals surface area contributed by atoms with Gasteiger partial charge in [0.15, 0.2) is 0 Å². The van der Waals surface area contributed by atoms with Crippen molar-refractivity contribution in [3.8, 4) is 0 Å². The number of nitrogens with zero attached hydrogens (tertiary/aromatic N) is 2.